The first-order valence-electron chi connectivity index (χ1n) is 10.5. The average Bonchev–Trinajstić information content (AvgIpc) is 3.29. The summed E-state index contributed by atoms with van der Waals surface area (Å²) in [5.74, 6) is 1.51. The molecule has 2 unspecified atom stereocenters. The largest absolute Gasteiger partial charge is 0.497 e. The van der Waals surface area contributed by atoms with E-state index in [2.05, 4.69) is 45.3 Å². The molecule has 7 nitrogen and oxygen atoms in total. The summed E-state index contributed by atoms with van der Waals surface area (Å²) < 4.78 is 10.8. The van der Waals surface area contributed by atoms with Crippen molar-refractivity contribution in [3.05, 3.63) is 53.6 Å². The predicted octanol–water partition coefficient (Wildman–Crippen LogP) is 2.18. The van der Waals surface area contributed by atoms with Gasteiger partial charge in [-0.3, -0.25) is 4.79 Å². The highest BCUT2D eigenvalue weighted by Gasteiger charge is 2.31. The molecule has 160 valence electrons. The number of aryl methyl sites for hydroxylation is 1. The van der Waals surface area contributed by atoms with Crippen LogP contribution in [0.15, 0.2) is 42.5 Å². The number of hydrazine groups is 1. The van der Waals surface area contributed by atoms with Crippen LogP contribution in [0.25, 0.3) is 0 Å². The highest BCUT2D eigenvalue weighted by molar-refractivity contribution is 5.82. The Bertz CT molecular complexity index is 889. The van der Waals surface area contributed by atoms with E-state index in [0.717, 1.165) is 43.0 Å². The van der Waals surface area contributed by atoms with E-state index >= 15 is 0 Å². The lowest BCUT2D eigenvalue weighted by Gasteiger charge is -2.31. The van der Waals surface area contributed by atoms with Gasteiger partial charge in [0.15, 0.2) is 0 Å². The third-order valence-corrected chi connectivity index (χ3v) is 5.92. The molecule has 0 spiro atoms. The van der Waals surface area contributed by atoms with Gasteiger partial charge in [0.2, 0.25) is 5.91 Å². The minimum absolute atomic E-state index is 0.00409. The van der Waals surface area contributed by atoms with Gasteiger partial charge in [-0.15, -0.1) is 0 Å². The third-order valence-electron chi connectivity index (χ3n) is 5.92. The Morgan fingerprint density at radius 2 is 2.03 bits per heavy atom. The normalized spacial score (nSPS) is 20.5. The number of hydrogen-bond acceptors (Lipinski definition) is 6. The maximum Gasteiger partial charge on any atom is 0.238 e. The van der Waals surface area contributed by atoms with Crippen molar-refractivity contribution >= 4 is 11.6 Å². The molecule has 2 aliphatic heterocycles. The first kappa shape index (κ1) is 20.5. The van der Waals surface area contributed by atoms with E-state index < -0.39 is 0 Å². The number of ether oxygens (including phenoxy) is 2. The van der Waals surface area contributed by atoms with Crippen molar-refractivity contribution in [2.24, 2.45) is 0 Å². The molecule has 1 fully saturated rings. The van der Waals surface area contributed by atoms with Crippen molar-refractivity contribution in [3.63, 3.8) is 0 Å². The fraction of sp³-hybridized carbons (Fsp3) is 0.435. The van der Waals surface area contributed by atoms with Gasteiger partial charge in [-0.2, -0.15) is 0 Å². The van der Waals surface area contributed by atoms with Crippen LogP contribution in [0.4, 0.5) is 5.69 Å². The second-order valence-electron chi connectivity index (χ2n) is 7.75. The van der Waals surface area contributed by atoms with Gasteiger partial charge in [0.1, 0.15) is 17.5 Å². The van der Waals surface area contributed by atoms with E-state index in [1.54, 1.807) is 14.2 Å². The van der Waals surface area contributed by atoms with Crippen molar-refractivity contribution in [1.29, 1.82) is 0 Å². The molecule has 0 bridgehead atoms. The molecule has 0 saturated carbocycles. The topological polar surface area (TPSA) is 74.9 Å². The molecule has 0 aliphatic carbocycles. The van der Waals surface area contributed by atoms with Crippen LogP contribution in [0.1, 0.15) is 30.0 Å². The van der Waals surface area contributed by atoms with Crippen molar-refractivity contribution in [2.45, 2.75) is 31.3 Å². The third kappa shape index (κ3) is 4.37. The number of anilines is 1. The smallest absolute Gasteiger partial charge is 0.238 e. The molecule has 4 rings (SSSR count). The van der Waals surface area contributed by atoms with E-state index in [1.807, 2.05) is 18.2 Å². The molecule has 2 atom stereocenters. The summed E-state index contributed by atoms with van der Waals surface area (Å²) >= 11 is 0. The molecule has 7 heteroatoms. The highest BCUT2D eigenvalue weighted by Crippen LogP contribution is 2.33. The molecule has 2 aromatic carbocycles. The Balaban J connectivity index is 1.30. The number of fused-ring (bicyclic) bond motifs is 1. The molecule has 1 amide bonds. The van der Waals surface area contributed by atoms with Crippen LogP contribution >= 0.6 is 0 Å². The minimum atomic E-state index is -0.282. The maximum atomic E-state index is 12.7. The maximum absolute atomic E-state index is 12.7. The molecule has 2 aliphatic rings. The van der Waals surface area contributed by atoms with Gasteiger partial charge in [0, 0.05) is 37.0 Å². The summed E-state index contributed by atoms with van der Waals surface area (Å²) in [6, 6.07) is 14.0. The Labute approximate surface area is 177 Å². The number of rotatable bonds is 7. The Morgan fingerprint density at radius 1 is 1.17 bits per heavy atom. The van der Waals surface area contributed by atoms with Crippen molar-refractivity contribution in [1.82, 2.24) is 16.2 Å². The number of carbonyl (C=O) groups is 1. The molecule has 0 radical (unpaired) electrons. The molecule has 3 N–H and O–H groups in total. The van der Waals surface area contributed by atoms with Crippen molar-refractivity contribution in [3.8, 4) is 11.5 Å². The standard InChI is InChI=1S/C23H30N4O3/c1-29-17-9-10-18(22(14-17)30-2)19-15-20(26-25-19)23(28)24-11-13-27-12-5-7-16-6-3-4-8-21(16)27/h3-4,6,8-10,14,19-20,25-26H,5,7,11-13,15H2,1-2H3,(H,24,28). The number of benzene rings is 2. The van der Waals surface area contributed by atoms with Gasteiger partial charge < -0.3 is 19.7 Å². The van der Waals surface area contributed by atoms with Gasteiger partial charge in [-0.25, -0.2) is 10.9 Å². The number of amides is 1. The molecular formula is C23H30N4O3. The monoisotopic (exact) mass is 410 g/mol. The van der Waals surface area contributed by atoms with Crippen LogP contribution in [0.3, 0.4) is 0 Å². The zero-order valence-corrected chi connectivity index (χ0v) is 17.6. The molecule has 2 heterocycles. The zero-order valence-electron chi connectivity index (χ0n) is 17.6. The van der Waals surface area contributed by atoms with Gasteiger partial charge >= 0.3 is 0 Å². The highest BCUT2D eigenvalue weighted by atomic mass is 16.5. The lowest BCUT2D eigenvalue weighted by atomic mass is 10.0. The molecule has 2 aromatic rings. The summed E-state index contributed by atoms with van der Waals surface area (Å²) in [5, 5.41) is 3.09. The fourth-order valence-electron chi connectivity index (χ4n) is 4.32. The van der Waals surface area contributed by atoms with Gasteiger partial charge in [-0.05, 0) is 37.0 Å². The van der Waals surface area contributed by atoms with Crippen molar-refractivity contribution < 1.29 is 14.3 Å². The second-order valence-corrected chi connectivity index (χ2v) is 7.75. The predicted molar refractivity (Wildman–Crippen MR) is 117 cm³/mol. The average molecular weight is 411 g/mol. The van der Waals surface area contributed by atoms with E-state index in [9.17, 15) is 4.79 Å². The number of nitrogens with one attached hydrogen (secondary N) is 3. The van der Waals surface area contributed by atoms with Crippen LogP contribution in [0.5, 0.6) is 11.5 Å². The van der Waals surface area contributed by atoms with Crippen LogP contribution in [-0.4, -0.2) is 45.8 Å². The van der Waals surface area contributed by atoms with Crippen LogP contribution in [-0.2, 0) is 11.2 Å². The van der Waals surface area contributed by atoms with E-state index in [-0.39, 0.29) is 18.0 Å². The quantitative estimate of drug-likeness (QED) is 0.650. The number of hydrogen-bond donors (Lipinski definition) is 3. The number of nitrogens with zero attached hydrogens (tertiary/aromatic N) is 1. The Morgan fingerprint density at radius 3 is 2.87 bits per heavy atom. The van der Waals surface area contributed by atoms with E-state index in [1.165, 1.54) is 11.3 Å². The fourth-order valence-corrected chi connectivity index (χ4v) is 4.32. The number of methoxy groups -OCH3 is 2. The molecular weight excluding hydrogens is 380 g/mol. The van der Waals surface area contributed by atoms with Gasteiger partial charge in [0.25, 0.3) is 0 Å². The van der Waals surface area contributed by atoms with Crippen LogP contribution in [0, 0.1) is 0 Å². The lowest BCUT2D eigenvalue weighted by Crippen LogP contribution is -2.45. The summed E-state index contributed by atoms with van der Waals surface area (Å²) in [7, 11) is 3.27. The lowest BCUT2D eigenvalue weighted by molar-refractivity contribution is -0.122. The summed E-state index contributed by atoms with van der Waals surface area (Å²) in [6.45, 7) is 2.48. The van der Waals surface area contributed by atoms with E-state index in [4.69, 9.17) is 9.47 Å². The Kier molecular flexibility index (Phi) is 6.40. The zero-order chi connectivity index (χ0) is 20.9. The number of para-hydroxylation sites is 1. The molecule has 0 aromatic heterocycles. The molecule has 1 saturated heterocycles. The summed E-state index contributed by atoms with van der Waals surface area (Å²) in [4.78, 5) is 15.0. The first-order chi connectivity index (χ1) is 14.7. The van der Waals surface area contributed by atoms with E-state index in [0.29, 0.717) is 13.0 Å². The second kappa shape index (κ2) is 9.36. The SMILES string of the molecule is COc1ccc(C2CC(C(=O)NCCN3CCCc4ccccc43)NN2)c(OC)c1. The first-order valence-corrected chi connectivity index (χ1v) is 10.5. The van der Waals surface area contributed by atoms with Gasteiger partial charge in [0.05, 0.1) is 20.3 Å². The number of carbonyl (C=O) groups excluding carboxylic acids is 1. The van der Waals surface area contributed by atoms with Crippen molar-refractivity contribution in [2.75, 3.05) is 38.8 Å². The van der Waals surface area contributed by atoms with Gasteiger partial charge in [-0.1, -0.05) is 24.3 Å². The van der Waals surface area contributed by atoms with Crippen LogP contribution in [0.2, 0.25) is 0 Å². The molecule has 30 heavy (non-hydrogen) atoms. The summed E-state index contributed by atoms with van der Waals surface area (Å²) in [6.07, 6.45) is 2.94. The van der Waals surface area contributed by atoms with Crippen LogP contribution < -0.4 is 30.5 Å². The Hall–Kier alpha value is -2.77. The summed E-state index contributed by atoms with van der Waals surface area (Å²) in [5.41, 5.74) is 10.1. The minimum Gasteiger partial charge on any atom is -0.497 e.